The predicted octanol–water partition coefficient (Wildman–Crippen LogP) is 1.71. The molecule has 7 heteroatoms. The van der Waals surface area contributed by atoms with Crippen molar-refractivity contribution in [2.45, 2.75) is 44.8 Å². The summed E-state index contributed by atoms with van der Waals surface area (Å²) >= 11 is 0. The molecule has 2 fully saturated rings. The molecule has 2 aliphatic rings. The maximum atomic E-state index is 14.4. The number of likely N-dealkylation sites (tertiary alicyclic amines) is 1. The van der Waals surface area contributed by atoms with Gasteiger partial charge in [-0.15, -0.1) is 0 Å². The molecule has 2 aliphatic heterocycles. The summed E-state index contributed by atoms with van der Waals surface area (Å²) in [6.45, 7) is 6.61. The molecule has 156 valence electrons. The first kappa shape index (κ1) is 21.0. The van der Waals surface area contributed by atoms with Crippen LogP contribution in [0.1, 0.15) is 31.7 Å². The molecular formula is C21H32FN3O3. The van der Waals surface area contributed by atoms with Gasteiger partial charge in [-0.05, 0) is 25.3 Å². The van der Waals surface area contributed by atoms with E-state index in [9.17, 15) is 14.3 Å². The summed E-state index contributed by atoms with van der Waals surface area (Å²) in [5.41, 5.74) is 0.659. The van der Waals surface area contributed by atoms with Crippen LogP contribution in [0.25, 0.3) is 0 Å². The highest BCUT2D eigenvalue weighted by molar-refractivity contribution is 5.73. The van der Waals surface area contributed by atoms with Crippen molar-refractivity contribution in [1.29, 1.82) is 0 Å². The number of aliphatic hydroxyl groups is 1. The Bertz CT molecular complexity index is 664. The minimum atomic E-state index is -0.249. The van der Waals surface area contributed by atoms with E-state index in [4.69, 9.17) is 4.74 Å². The van der Waals surface area contributed by atoms with Gasteiger partial charge in [-0.1, -0.05) is 6.07 Å². The number of hydrogen-bond acceptors (Lipinski definition) is 5. The van der Waals surface area contributed by atoms with Crippen LogP contribution in [-0.4, -0.2) is 84.2 Å². The van der Waals surface area contributed by atoms with E-state index in [2.05, 4.69) is 9.80 Å². The largest absolute Gasteiger partial charge is 0.497 e. The number of aliphatic hydroxyl groups excluding tert-OH is 1. The molecule has 1 atom stereocenters. The fourth-order valence-corrected chi connectivity index (χ4v) is 4.43. The number of piperazine rings is 1. The summed E-state index contributed by atoms with van der Waals surface area (Å²) in [6.07, 6.45) is 2.68. The zero-order valence-electron chi connectivity index (χ0n) is 16.9. The molecule has 1 aromatic rings. The Morgan fingerprint density at radius 1 is 1.25 bits per heavy atom. The highest BCUT2D eigenvalue weighted by Gasteiger charge is 2.32. The molecule has 0 aliphatic carbocycles. The van der Waals surface area contributed by atoms with Gasteiger partial charge in [0.05, 0.1) is 7.11 Å². The van der Waals surface area contributed by atoms with Gasteiger partial charge in [-0.25, -0.2) is 4.39 Å². The SMILES string of the molecule is COc1ccc(CN2CCN(C3CCN(C(C)=O)CC3)C[C@H]2CCO)c(F)c1. The van der Waals surface area contributed by atoms with E-state index in [1.54, 1.807) is 19.1 Å². The van der Waals surface area contributed by atoms with Crippen molar-refractivity contribution >= 4 is 5.91 Å². The lowest BCUT2D eigenvalue weighted by Gasteiger charge is -2.46. The third-order valence-electron chi connectivity index (χ3n) is 6.16. The summed E-state index contributed by atoms with van der Waals surface area (Å²) in [5.74, 6) is 0.430. The maximum Gasteiger partial charge on any atom is 0.219 e. The number of carbonyl (C=O) groups is 1. The summed E-state index contributed by atoms with van der Waals surface area (Å²) in [6, 6.07) is 5.69. The van der Waals surface area contributed by atoms with Crippen LogP contribution in [0.15, 0.2) is 18.2 Å². The third kappa shape index (κ3) is 5.01. The Kier molecular flexibility index (Phi) is 7.26. The zero-order chi connectivity index (χ0) is 20.1. The molecule has 28 heavy (non-hydrogen) atoms. The molecule has 1 aromatic carbocycles. The molecule has 1 amide bonds. The summed E-state index contributed by atoms with van der Waals surface area (Å²) in [7, 11) is 1.53. The Morgan fingerprint density at radius 3 is 2.61 bits per heavy atom. The average Bonchev–Trinajstić information content (AvgIpc) is 2.71. The molecule has 0 bridgehead atoms. The molecule has 2 saturated heterocycles. The van der Waals surface area contributed by atoms with E-state index in [-0.39, 0.29) is 24.4 Å². The van der Waals surface area contributed by atoms with Gasteiger partial charge >= 0.3 is 0 Å². The highest BCUT2D eigenvalue weighted by Crippen LogP contribution is 2.24. The highest BCUT2D eigenvalue weighted by atomic mass is 19.1. The lowest BCUT2D eigenvalue weighted by atomic mass is 9.99. The molecule has 3 rings (SSSR count). The van der Waals surface area contributed by atoms with Gasteiger partial charge < -0.3 is 14.7 Å². The van der Waals surface area contributed by atoms with E-state index in [0.717, 1.165) is 45.6 Å². The van der Waals surface area contributed by atoms with E-state index in [1.807, 2.05) is 4.90 Å². The third-order valence-corrected chi connectivity index (χ3v) is 6.16. The molecule has 0 saturated carbocycles. The van der Waals surface area contributed by atoms with Gasteiger partial charge in [0.2, 0.25) is 5.91 Å². The van der Waals surface area contributed by atoms with Crippen molar-refractivity contribution in [2.24, 2.45) is 0 Å². The van der Waals surface area contributed by atoms with Crippen LogP contribution in [0.3, 0.4) is 0 Å². The average molecular weight is 394 g/mol. The van der Waals surface area contributed by atoms with Crippen molar-refractivity contribution < 1.29 is 19.0 Å². The van der Waals surface area contributed by atoms with E-state index >= 15 is 0 Å². The second-order valence-corrected chi connectivity index (χ2v) is 7.83. The Morgan fingerprint density at radius 2 is 2.00 bits per heavy atom. The number of halogens is 1. The topological polar surface area (TPSA) is 56.2 Å². The van der Waals surface area contributed by atoms with Gasteiger partial charge in [0, 0.05) is 76.5 Å². The number of methoxy groups -OCH3 is 1. The number of carbonyl (C=O) groups excluding carboxylic acids is 1. The predicted molar refractivity (Wildman–Crippen MR) is 106 cm³/mol. The summed E-state index contributed by atoms with van der Waals surface area (Å²) in [5, 5.41) is 9.54. The van der Waals surface area contributed by atoms with E-state index in [1.165, 1.54) is 13.2 Å². The molecule has 0 spiro atoms. The molecule has 2 heterocycles. The molecule has 6 nitrogen and oxygen atoms in total. The maximum absolute atomic E-state index is 14.4. The number of benzene rings is 1. The van der Waals surface area contributed by atoms with E-state index < -0.39 is 0 Å². The first-order valence-electron chi connectivity index (χ1n) is 10.2. The number of ether oxygens (including phenoxy) is 1. The second kappa shape index (κ2) is 9.67. The van der Waals surface area contributed by atoms with Crippen molar-refractivity contribution in [3.05, 3.63) is 29.6 Å². The van der Waals surface area contributed by atoms with Crippen molar-refractivity contribution in [3.8, 4) is 5.75 Å². The lowest BCUT2D eigenvalue weighted by Crippen LogP contribution is -2.57. The molecular weight excluding hydrogens is 361 g/mol. The summed E-state index contributed by atoms with van der Waals surface area (Å²) < 4.78 is 19.5. The number of piperidine rings is 1. The first-order chi connectivity index (χ1) is 13.5. The van der Waals surface area contributed by atoms with Crippen molar-refractivity contribution in [1.82, 2.24) is 14.7 Å². The molecule has 0 aromatic heterocycles. The van der Waals surface area contributed by atoms with Crippen LogP contribution in [0, 0.1) is 5.82 Å². The Balaban J connectivity index is 1.60. The summed E-state index contributed by atoms with van der Waals surface area (Å²) in [4.78, 5) is 18.2. The normalized spacial score (nSPS) is 22.4. The zero-order valence-corrected chi connectivity index (χ0v) is 16.9. The fourth-order valence-electron chi connectivity index (χ4n) is 4.43. The second-order valence-electron chi connectivity index (χ2n) is 7.83. The van der Waals surface area contributed by atoms with Gasteiger partial charge in [0.1, 0.15) is 11.6 Å². The van der Waals surface area contributed by atoms with Gasteiger partial charge in [0.25, 0.3) is 0 Å². The Labute approximate surface area is 166 Å². The van der Waals surface area contributed by atoms with E-state index in [0.29, 0.717) is 30.3 Å². The monoisotopic (exact) mass is 393 g/mol. The van der Waals surface area contributed by atoms with Crippen LogP contribution in [-0.2, 0) is 11.3 Å². The molecule has 1 N–H and O–H groups in total. The van der Waals surface area contributed by atoms with Crippen molar-refractivity contribution in [2.75, 3.05) is 46.4 Å². The minimum absolute atomic E-state index is 0.128. The standard InChI is InChI=1S/C21H32FN3O3/c1-16(27)23-8-5-18(6-9-23)25-11-10-24(19(15-25)7-12-26)14-17-3-4-20(28-2)13-21(17)22/h3-4,13,18-19,26H,5-12,14-15H2,1-2H3/t19-/m1/s1. The number of nitrogens with zero attached hydrogens (tertiary/aromatic N) is 3. The van der Waals surface area contributed by atoms with Crippen LogP contribution in [0.2, 0.25) is 0 Å². The fraction of sp³-hybridized carbons (Fsp3) is 0.667. The van der Waals surface area contributed by atoms with Crippen LogP contribution in [0.4, 0.5) is 4.39 Å². The van der Waals surface area contributed by atoms with Crippen LogP contribution < -0.4 is 4.74 Å². The molecule has 0 radical (unpaired) electrons. The Hall–Kier alpha value is -1.70. The van der Waals surface area contributed by atoms with Gasteiger partial charge in [0.15, 0.2) is 0 Å². The number of rotatable bonds is 6. The van der Waals surface area contributed by atoms with Crippen molar-refractivity contribution in [3.63, 3.8) is 0 Å². The van der Waals surface area contributed by atoms with Crippen LogP contribution >= 0.6 is 0 Å². The lowest BCUT2D eigenvalue weighted by molar-refractivity contribution is -0.130. The molecule has 0 unspecified atom stereocenters. The van der Waals surface area contributed by atoms with Gasteiger partial charge in [-0.3, -0.25) is 14.6 Å². The van der Waals surface area contributed by atoms with Gasteiger partial charge in [-0.2, -0.15) is 0 Å². The number of amides is 1. The minimum Gasteiger partial charge on any atom is -0.497 e. The quantitative estimate of drug-likeness (QED) is 0.798. The number of hydrogen-bond donors (Lipinski definition) is 1. The smallest absolute Gasteiger partial charge is 0.219 e. The van der Waals surface area contributed by atoms with Crippen LogP contribution in [0.5, 0.6) is 5.75 Å². The first-order valence-corrected chi connectivity index (χ1v) is 10.2.